The topological polar surface area (TPSA) is 111 Å². The largest absolute Gasteiger partial charge is 0.471 e. The van der Waals surface area contributed by atoms with Crippen molar-refractivity contribution in [2.75, 3.05) is 25.7 Å². The zero-order valence-corrected chi connectivity index (χ0v) is 17.1. The minimum atomic E-state index is -5.18. The van der Waals surface area contributed by atoms with Gasteiger partial charge in [0.05, 0.1) is 14.2 Å². The molecule has 0 aliphatic rings. The highest BCUT2D eigenvalue weighted by molar-refractivity contribution is 8.76. The maximum atomic E-state index is 12.3. The summed E-state index contributed by atoms with van der Waals surface area (Å²) in [6, 6.07) is -3.10. The fraction of sp³-hybridized carbons (Fsp3) is 0.714. The second-order valence-electron chi connectivity index (χ2n) is 5.32. The zero-order valence-electron chi connectivity index (χ0n) is 15.5. The summed E-state index contributed by atoms with van der Waals surface area (Å²) in [5, 5.41) is 3.00. The summed E-state index contributed by atoms with van der Waals surface area (Å²) in [6.45, 7) is 0. The normalized spacial score (nSPS) is 13.7. The quantitative estimate of drug-likeness (QED) is 0.195. The van der Waals surface area contributed by atoms with Gasteiger partial charge in [0.1, 0.15) is 12.1 Å². The van der Waals surface area contributed by atoms with E-state index in [0.29, 0.717) is 0 Å². The molecule has 0 rings (SSSR count). The van der Waals surface area contributed by atoms with Crippen LogP contribution in [-0.4, -0.2) is 73.9 Å². The zero-order chi connectivity index (χ0) is 23.5. The smallest absolute Gasteiger partial charge is 0.467 e. The fourth-order valence-electron chi connectivity index (χ4n) is 1.71. The molecule has 2 N–H and O–H groups in total. The first kappa shape index (κ1) is 28.2. The Morgan fingerprint density at radius 3 is 1.27 bits per heavy atom. The molecule has 0 aliphatic carbocycles. The van der Waals surface area contributed by atoms with Crippen LogP contribution in [0.3, 0.4) is 0 Å². The number of esters is 2. The second kappa shape index (κ2) is 12.8. The predicted molar refractivity (Wildman–Crippen MR) is 94.2 cm³/mol. The Balaban J connectivity index is 4.51. The first-order valence-electron chi connectivity index (χ1n) is 7.89. The molecule has 0 aromatic rings. The van der Waals surface area contributed by atoms with E-state index in [2.05, 4.69) is 9.47 Å². The van der Waals surface area contributed by atoms with E-state index in [9.17, 15) is 45.5 Å². The lowest BCUT2D eigenvalue weighted by atomic mass is 10.2. The van der Waals surface area contributed by atoms with E-state index >= 15 is 0 Å². The second-order valence-corrected chi connectivity index (χ2v) is 8.02. The third-order valence-corrected chi connectivity index (χ3v) is 5.63. The van der Waals surface area contributed by atoms with Crippen molar-refractivity contribution in [1.82, 2.24) is 10.6 Å². The van der Waals surface area contributed by atoms with Crippen molar-refractivity contribution in [2.45, 2.75) is 37.3 Å². The molecule has 0 aromatic carbocycles. The maximum Gasteiger partial charge on any atom is 0.471 e. The van der Waals surface area contributed by atoms with E-state index < -0.39 is 48.2 Å². The SMILES string of the molecule is COC(=O)C(CCSSCC[C@H](NC(=O)C(F)(F)F)C(=O)OC)NC(=O)C(F)(F)F. The molecule has 8 nitrogen and oxygen atoms in total. The van der Waals surface area contributed by atoms with E-state index in [-0.39, 0.29) is 24.3 Å². The van der Waals surface area contributed by atoms with Crippen molar-refractivity contribution in [3.05, 3.63) is 0 Å². The van der Waals surface area contributed by atoms with Gasteiger partial charge < -0.3 is 20.1 Å². The number of nitrogens with one attached hydrogen (secondary N) is 2. The van der Waals surface area contributed by atoms with Crippen LogP contribution in [0.5, 0.6) is 0 Å². The third-order valence-electron chi connectivity index (χ3n) is 3.16. The van der Waals surface area contributed by atoms with Gasteiger partial charge in [-0.05, 0) is 12.8 Å². The molecule has 0 radical (unpaired) electrons. The van der Waals surface area contributed by atoms with Crippen LogP contribution in [0.25, 0.3) is 0 Å². The Labute approximate surface area is 174 Å². The van der Waals surface area contributed by atoms with Gasteiger partial charge >= 0.3 is 36.1 Å². The van der Waals surface area contributed by atoms with Gasteiger partial charge in [-0.1, -0.05) is 21.6 Å². The number of halogens is 6. The van der Waals surface area contributed by atoms with Crippen LogP contribution in [0.4, 0.5) is 26.3 Å². The summed E-state index contributed by atoms with van der Waals surface area (Å²) in [5.74, 6) is -6.67. The molecule has 0 aliphatic heterocycles. The summed E-state index contributed by atoms with van der Waals surface area (Å²) in [7, 11) is 3.90. The maximum absolute atomic E-state index is 12.3. The Bertz CT molecular complexity index is 565. The van der Waals surface area contributed by atoms with Crippen LogP contribution >= 0.6 is 21.6 Å². The lowest BCUT2D eigenvalue weighted by Gasteiger charge is -2.18. The van der Waals surface area contributed by atoms with Gasteiger partial charge in [0.15, 0.2) is 0 Å². The molecule has 1 unspecified atom stereocenters. The number of carbonyl (C=O) groups is 4. The predicted octanol–water partition coefficient (Wildman–Crippen LogP) is 1.59. The number of carbonyl (C=O) groups excluding carboxylic acids is 4. The number of ether oxygens (including phenoxy) is 2. The summed E-state index contributed by atoms with van der Waals surface area (Å²) < 4.78 is 82.4. The molecule has 0 saturated heterocycles. The molecule has 0 spiro atoms. The highest BCUT2D eigenvalue weighted by Crippen LogP contribution is 2.25. The van der Waals surface area contributed by atoms with Gasteiger partial charge in [-0.15, -0.1) is 0 Å². The number of alkyl halides is 6. The monoisotopic (exact) mass is 488 g/mol. The molecule has 2 atom stereocenters. The van der Waals surface area contributed by atoms with Crippen LogP contribution in [-0.2, 0) is 28.7 Å². The van der Waals surface area contributed by atoms with Gasteiger partial charge in [0, 0.05) is 11.5 Å². The highest BCUT2D eigenvalue weighted by Gasteiger charge is 2.41. The Kier molecular flexibility index (Phi) is 12.0. The van der Waals surface area contributed by atoms with Crippen molar-refractivity contribution < 1.29 is 55.0 Å². The molecule has 30 heavy (non-hydrogen) atoms. The van der Waals surface area contributed by atoms with Crippen LogP contribution in [0.1, 0.15) is 12.8 Å². The van der Waals surface area contributed by atoms with Crippen molar-refractivity contribution in [1.29, 1.82) is 0 Å². The minimum Gasteiger partial charge on any atom is -0.467 e. The van der Waals surface area contributed by atoms with E-state index in [1.165, 1.54) is 10.6 Å². The molecule has 174 valence electrons. The number of hydrogen-bond acceptors (Lipinski definition) is 8. The summed E-state index contributed by atoms with van der Waals surface area (Å²) in [5.41, 5.74) is 0. The van der Waals surface area contributed by atoms with Crippen molar-refractivity contribution in [3.63, 3.8) is 0 Å². The number of methoxy groups -OCH3 is 2. The Morgan fingerprint density at radius 1 is 0.733 bits per heavy atom. The van der Waals surface area contributed by atoms with Crippen molar-refractivity contribution >= 4 is 45.3 Å². The van der Waals surface area contributed by atoms with E-state index in [1.807, 2.05) is 0 Å². The number of rotatable bonds is 11. The summed E-state index contributed by atoms with van der Waals surface area (Å²) in [4.78, 5) is 44.8. The standard InChI is InChI=1S/C14H18F6N2O6S2/c1-27-9(23)7(21-11(25)13(15,16)17)3-5-29-30-6-4-8(10(24)28-2)22-12(26)14(18,19)20/h7-8H,3-6H2,1-2H3,(H,21,25)(H,22,26)/t7-,8?/m0/s1. The first-order valence-corrected chi connectivity index (χ1v) is 10.4. The molecular formula is C14H18F6N2O6S2. The molecule has 16 heteroatoms. The molecule has 0 aromatic heterocycles. The third kappa shape index (κ3) is 10.8. The van der Waals surface area contributed by atoms with Gasteiger partial charge in [0.25, 0.3) is 0 Å². The molecule has 2 amide bonds. The minimum absolute atomic E-state index is 0.0559. The van der Waals surface area contributed by atoms with Crippen LogP contribution < -0.4 is 10.6 Å². The molecule has 0 fully saturated rings. The summed E-state index contributed by atoms with van der Waals surface area (Å²) >= 11 is 0. The average Bonchev–Trinajstić information content (AvgIpc) is 2.65. The van der Waals surface area contributed by atoms with Gasteiger partial charge in [-0.25, -0.2) is 9.59 Å². The van der Waals surface area contributed by atoms with Crippen LogP contribution in [0.2, 0.25) is 0 Å². The van der Waals surface area contributed by atoms with E-state index in [1.54, 1.807) is 0 Å². The van der Waals surface area contributed by atoms with Gasteiger partial charge in [-0.2, -0.15) is 26.3 Å². The molecule has 0 bridgehead atoms. The Hall–Kier alpha value is -1.84. The van der Waals surface area contributed by atoms with Crippen molar-refractivity contribution in [2.24, 2.45) is 0 Å². The average molecular weight is 488 g/mol. The lowest BCUT2D eigenvalue weighted by molar-refractivity contribution is -0.175. The molecule has 0 heterocycles. The van der Waals surface area contributed by atoms with Crippen molar-refractivity contribution in [3.8, 4) is 0 Å². The Morgan fingerprint density at radius 2 is 1.03 bits per heavy atom. The van der Waals surface area contributed by atoms with Gasteiger partial charge in [-0.3, -0.25) is 9.59 Å². The number of amides is 2. The van der Waals surface area contributed by atoms with Gasteiger partial charge in [0.2, 0.25) is 0 Å². The molecular weight excluding hydrogens is 470 g/mol. The van der Waals surface area contributed by atoms with E-state index in [4.69, 9.17) is 0 Å². The lowest BCUT2D eigenvalue weighted by Crippen LogP contribution is -2.47. The fourth-order valence-corrected chi connectivity index (χ4v) is 3.90. The van der Waals surface area contributed by atoms with Crippen LogP contribution in [0.15, 0.2) is 0 Å². The number of hydrogen-bond donors (Lipinski definition) is 2. The summed E-state index contributed by atoms with van der Waals surface area (Å²) in [6.07, 6.45) is -10.8. The molecule has 0 saturated carbocycles. The highest BCUT2D eigenvalue weighted by atomic mass is 33.1. The van der Waals surface area contributed by atoms with Crippen LogP contribution in [0, 0.1) is 0 Å². The first-order chi connectivity index (χ1) is 13.7. The van der Waals surface area contributed by atoms with E-state index in [0.717, 1.165) is 35.8 Å².